The van der Waals surface area contributed by atoms with Gasteiger partial charge in [-0.3, -0.25) is 9.59 Å². The summed E-state index contributed by atoms with van der Waals surface area (Å²) in [6.45, 7) is 2.09. The molecule has 2 N–H and O–H groups in total. The zero-order chi connectivity index (χ0) is 15.2. The minimum Gasteiger partial charge on any atom is -0.465 e. The summed E-state index contributed by atoms with van der Waals surface area (Å²) in [7, 11) is 0. The fourth-order valence-corrected chi connectivity index (χ4v) is 2.04. The first kappa shape index (κ1) is 15.1. The lowest BCUT2D eigenvalue weighted by molar-refractivity contribution is -0.148. The van der Waals surface area contributed by atoms with Gasteiger partial charge in [0.15, 0.2) is 0 Å². The van der Waals surface area contributed by atoms with Gasteiger partial charge in [-0.2, -0.15) is 0 Å². The first-order valence-corrected chi connectivity index (χ1v) is 7.10. The molecule has 1 saturated carbocycles. The Morgan fingerprint density at radius 2 is 2.19 bits per heavy atom. The molecule has 1 fully saturated rings. The molecule has 5 nitrogen and oxygen atoms in total. The van der Waals surface area contributed by atoms with Gasteiger partial charge in [-0.1, -0.05) is 12.1 Å². The van der Waals surface area contributed by atoms with Gasteiger partial charge in [-0.25, -0.2) is 0 Å². The van der Waals surface area contributed by atoms with Crippen molar-refractivity contribution in [3.63, 3.8) is 0 Å². The van der Waals surface area contributed by atoms with Crippen LogP contribution in [0.5, 0.6) is 0 Å². The van der Waals surface area contributed by atoms with Crippen LogP contribution in [0.2, 0.25) is 0 Å². The van der Waals surface area contributed by atoms with E-state index in [1.807, 2.05) is 12.1 Å². The smallest absolute Gasteiger partial charge is 0.325 e. The molecule has 0 bridgehead atoms. The zero-order valence-electron chi connectivity index (χ0n) is 12.1. The fourth-order valence-electron chi connectivity index (χ4n) is 2.04. The normalized spacial score (nSPS) is 14.1. The van der Waals surface area contributed by atoms with Crippen molar-refractivity contribution in [1.82, 2.24) is 4.90 Å². The Balaban J connectivity index is 2.00. The van der Waals surface area contributed by atoms with E-state index in [0.29, 0.717) is 12.3 Å². The van der Waals surface area contributed by atoms with Crippen LogP contribution in [0.1, 0.15) is 25.3 Å². The minimum absolute atomic E-state index is 0.0125. The number of carbonyl (C=O) groups is 2. The number of hydrogen-bond donors (Lipinski definition) is 1. The predicted molar refractivity (Wildman–Crippen MR) is 81.3 cm³/mol. The molecule has 0 aromatic heterocycles. The first-order chi connectivity index (χ1) is 10.1. The van der Waals surface area contributed by atoms with Gasteiger partial charge in [0, 0.05) is 17.8 Å². The maximum absolute atomic E-state index is 12.2. The van der Waals surface area contributed by atoms with Crippen LogP contribution in [-0.4, -0.2) is 36.0 Å². The molecule has 0 spiro atoms. The van der Waals surface area contributed by atoms with Crippen molar-refractivity contribution in [3.05, 3.63) is 35.9 Å². The lowest BCUT2D eigenvalue weighted by Gasteiger charge is -2.19. The van der Waals surface area contributed by atoms with Crippen LogP contribution in [-0.2, 0) is 14.3 Å². The molecule has 0 unspecified atom stereocenters. The SMILES string of the molecule is CCOC(=O)CN(C(=O)/C=C/c1cccc(N)c1)C1CC1. The molecule has 1 aliphatic rings. The Morgan fingerprint density at radius 3 is 2.81 bits per heavy atom. The van der Waals surface area contributed by atoms with Crippen molar-refractivity contribution >= 4 is 23.6 Å². The van der Waals surface area contributed by atoms with Crippen molar-refractivity contribution in [3.8, 4) is 0 Å². The Hall–Kier alpha value is -2.30. The summed E-state index contributed by atoms with van der Waals surface area (Å²) in [6, 6.07) is 7.43. The summed E-state index contributed by atoms with van der Waals surface area (Å²) < 4.78 is 4.91. The van der Waals surface area contributed by atoms with Crippen molar-refractivity contribution in [2.45, 2.75) is 25.8 Å². The van der Waals surface area contributed by atoms with Crippen LogP contribution in [0.3, 0.4) is 0 Å². The van der Waals surface area contributed by atoms with E-state index in [9.17, 15) is 9.59 Å². The molecule has 0 radical (unpaired) electrons. The second kappa shape index (κ2) is 6.92. The number of anilines is 1. The van der Waals surface area contributed by atoms with E-state index in [4.69, 9.17) is 10.5 Å². The van der Waals surface area contributed by atoms with Crippen LogP contribution >= 0.6 is 0 Å². The van der Waals surface area contributed by atoms with E-state index < -0.39 is 0 Å². The summed E-state index contributed by atoms with van der Waals surface area (Å²) in [5.74, 6) is -0.539. The number of amides is 1. The Bertz CT molecular complexity index is 550. The molecule has 1 aliphatic carbocycles. The van der Waals surface area contributed by atoms with Crippen molar-refractivity contribution in [2.24, 2.45) is 0 Å². The fraction of sp³-hybridized carbons (Fsp3) is 0.375. The van der Waals surface area contributed by atoms with Crippen LogP contribution in [0.15, 0.2) is 30.3 Å². The monoisotopic (exact) mass is 288 g/mol. The number of nitrogen functional groups attached to an aromatic ring is 1. The molecule has 0 heterocycles. The molecule has 1 amide bonds. The summed E-state index contributed by atoms with van der Waals surface area (Å²) in [5, 5.41) is 0. The molecule has 1 aromatic carbocycles. The second-order valence-corrected chi connectivity index (χ2v) is 5.01. The second-order valence-electron chi connectivity index (χ2n) is 5.01. The highest BCUT2D eigenvalue weighted by Crippen LogP contribution is 2.27. The Morgan fingerprint density at radius 1 is 1.43 bits per heavy atom. The van der Waals surface area contributed by atoms with Crippen molar-refractivity contribution in [1.29, 1.82) is 0 Å². The molecule has 112 valence electrons. The van der Waals surface area contributed by atoms with Gasteiger partial charge < -0.3 is 15.4 Å². The summed E-state index contributed by atoms with van der Waals surface area (Å²) in [5.41, 5.74) is 7.20. The Labute approximate surface area is 124 Å². The average molecular weight is 288 g/mol. The molecule has 0 aliphatic heterocycles. The maximum Gasteiger partial charge on any atom is 0.325 e. The molecule has 1 aromatic rings. The van der Waals surface area contributed by atoms with Crippen molar-refractivity contribution < 1.29 is 14.3 Å². The summed E-state index contributed by atoms with van der Waals surface area (Å²) in [6.07, 6.45) is 5.07. The summed E-state index contributed by atoms with van der Waals surface area (Å²) in [4.78, 5) is 25.3. The van der Waals surface area contributed by atoms with E-state index >= 15 is 0 Å². The van der Waals surface area contributed by atoms with Gasteiger partial charge >= 0.3 is 5.97 Å². The highest BCUT2D eigenvalue weighted by molar-refractivity contribution is 5.94. The number of carbonyl (C=O) groups excluding carboxylic acids is 2. The largest absolute Gasteiger partial charge is 0.465 e. The van der Waals surface area contributed by atoms with E-state index in [0.717, 1.165) is 18.4 Å². The number of nitrogens with two attached hydrogens (primary N) is 1. The lowest BCUT2D eigenvalue weighted by Crippen LogP contribution is -2.37. The maximum atomic E-state index is 12.2. The number of nitrogens with zero attached hydrogens (tertiary/aromatic N) is 1. The van der Waals surface area contributed by atoms with Gasteiger partial charge in [0.05, 0.1) is 6.61 Å². The molecule has 5 heteroatoms. The molecule has 21 heavy (non-hydrogen) atoms. The van der Waals surface area contributed by atoms with E-state index in [1.165, 1.54) is 6.08 Å². The number of benzene rings is 1. The average Bonchev–Trinajstić information content (AvgIpc) is 3.27. The number of esters is 1. The van der Waals surface area contributed by atoms with Gasteiger partial charge in [0.25, 0.3) is 0 Å². The molecular formula is C16H20N2O3. The highest BCUT2D eigenvalue weighted by atomic mass is 16.5. The van der Waals surface area contributed by atoms with Crippen LogP contribution in [0.4, 0.5) is 5.69 Å². The number of hydrogen-bond acceptors (Lipinski definition) is 4. The van der Waals surface area contributed by atoms with Crippen molar-refractivity contribution in [2.75, 3.05) is 18.9 Å². The molecular weight excluding hydrogens is 268 g/mol. The molecule has 0 saturated heterocycles. The van der Waals surface area contributed by atoms with Crippen LogP contribution < -0.4 is 5.73 Å². The summed E-state index contributed by atoms with van der Waals surface area (Å²) >= 11 is 0. The number of ether oxygens (including phenoxy) is 1. The Kier molecular flexibility index (Phi) is 4.98. The first-order valence-electron chi connectivity index (χ1n) is 7.10. The van der Waals surface area contributed by atoms with E-state index in [-0.39, 0.29) is 24.5 Å². The quantitative estimate of drug-likeness (QED) is 0.492. The van der Waals surface area contributed by atoms with Gasteiger partial charge in [-0.15, -0.1) is 0 Å². The number of rotatable bonds is 6. The predicted octanol–water partition coefficient (Wildman–Crippen LogP) is 1.84. The highest BCUT2D eigenvalue weighted by Gasteiger charge is 2.33. The van der Waals surface area contributed by atoms with Crippen LogP contribution in [0.25, 0.3) is 6.08 Å². The topological polar surface area (TPSA) is 72.6 Å². The van der Waals surface area contributed by atoms with E-state index in [2.05, 4.69) is 0 Å². The lowest BCUT2D eigenvalue weighted by atomic mass is 10.2. The molecule has 2 rings (SSSR count). The molecule has 0 atom stereocenters. The van der Waals surface area contributed by atoms with Gasteiger partial charge in [0.1, 0.15) is 6.54 Å². The zero-order valence-corrected chi connectivity index (χ0v) is 12.1. The minimum atomic E-state index is -0.366. The third-order valence-corrected chi connectivity index (χ3v) is 3.20. The van der Waals surface area contributed by atoms with Gasteiger partial charge in [0.2, 0.25) is 5.91 Å². The third kappa shape index (κ3) is 4.63. The van der Waals surface area contributed by atoms with Crippen LogP contribution in [0, 0.1) is 0 Å². The van der Waals surface area contributed by atoms with E-state index in [1.54, 1.807) is 30.0 Å². The standard InChI is InChI=1S/C16H20N2O3/c1-2-21-16(20)11-18(14-7-8-14)15(19)9-6-12-4-3-5-13(17)10-12/h3-6,9-10,14H,2,7-8,11,17H2,1H3/b9-6+. The van der Waals surface area contributed by atoms with Gasteiger partial charge in [-0.05, 0) is 43.5 Å². The third-order valence-electron chi connectivity index (χ3n) is 3.20.